The van der Waals surface area contributed by atoms with Gasteiger partial charge in [-0.2, -0.15) is 18.4 Å². The third kappa shape index (κ3) is 5.56. The number of rotatable bonds is 5. The van der Waals surface area contributed by atoms with Crippen LogP contribution in [-0.2, 0) is 4.79 Å². The molecule has 0 rings (SSSR count). The van der Waals surface area contributed by atoms with Crippen LogP contribution in [0.15, 0.2) is 0 Å². The number of carbonyl (C=O) groups excluding carboxylic acids is 1. The van der Waals surface area contributed by atoms with E-state index in [9.17, 15) is 18.0 Å². The van der Waals surface area contributed by atoms with Crippen LogP contribution in [0.1, 0.15) is 20.3 Å². The van der Waals surface area contributed by atoms with Crippen molar-refractivity contribution >= 4 is 5.91 Å². The van der Waals surface area contributed by atoms with E-state index in [1.165, 1.54) is 0 Å². The molecule has 0 radical (unpaired) electrons. The van der Waals surface area contributed by atoms with Crippen molar-refractivity contribution < 1.29 is 18.0 Å². The van der Waals surface area contributed by atoms with Crippen molar-refractivity contribution in [1.29, 1.82) is 5.26 Å². The Morgan fingerprint density at radius 2 is 2.00 bits per heavy atom. The fourth-order valence-electron chi connectivity index (χ4n) is 1.11. The van der Waals surface area contributed by atoms with E-state index in [0.29, 0.717) is 0 Å². The summed E-state index contributed by atoms with van der Waals surface area (Å²) >= 11 is 0. The van der Waals surface area contributed by atoms with Crippen LogP contribution < -0.4 is 11.1 Å². The second kappa shape index (κ2) is 5.16. The summed E-state index contributed by atoms with van der Waals surface area (Å²) in [5, 5.41) is 10.8. The predicted octanol–water partition coefficient (Wildman–Crippen LogP) is 0.932. The summed E-state index contributed by atoms with van der Waals surface area (Å²) in [6.45, 7) is 2.53. The fraction of sp³-hybridized carbons (Fsp3) is 0.778. The van der Waals surface area contributed by atoms with Crippen LogP contribution in [0.25, 0.3) is 0 Å². The summed E-state index contributed by atoms with van der Waals surface area (Å²) in [5.74, 6) is -2.70. The van der Waals surface area contributed by atoms with Gasteiger partial charge in [-0.3, -0.25) is 4.79 Å². The number of hydrogen-bond acceptors (Lipinski definition) is 3. The topological polar surface area (TPSA) is 78.9 Å². The molecule has 0 bridgehead atoms. The van der Waals surface area contributed by atoms with Crippen LogP contribution in [0.5, 0.6) is 0 Å². The molecular weight excluding hydrogens is 223 g/mol. The fourth-order valence-corrected chi connectivity index (χ4v) is 1.11. The Hall–Kier alpha value is -1.29. The maximum absolute atomic E-state index is 12.2. The Bertz CT molecular complexity index is 293. The Balaban J connectivity index is 4.33. The summed E-state index contributed by atoms with van der Waals surface area (Å²) in [7, 11) is 0. The van der Waals surface area contributed by atoms with Crippen LogP contribution in [0.2, 0.25) is 0 Å². The number of carbonyl (C=O) groups is 1. The quantitative estimate of drug-likeness (QED) is 0.746. The van der Waals surface area contributed by atoms with Crippen LogP contribution >= 0.6 is 0 Å². The zero-order valence-corrected chi connectivity index (χ0v) is 9.06. The minimum atomic E-state index is -4.56. The lowest BCUT2D eigenvalue weighted by atomic mass is 9.99. The van der Waals surface area contributed by atoms with Crippen LogP contribution in [0, 0.1) is 17.2 Å². The van der Waals surface area contributed by atoms with Crippen LogP contribution in [-0.4, -0.2) is 24.2 Å². The zero-order chi connectivity index (χ0) is 13.0. The van der Waals surface area contributed by atoms with Gasteiger partial charge in [0.15, 0.2) is 5.92 Å². The molecule has 0 heterocycles. The van der Waals surface area contributed by atoms with Gasteiger partial charge in [-0.15, -0.1) is 0 Å². The number of nitrogens with two attached hydrogens (primary N) is 1. The molecule has 3 N–H and O–H groups in total. The highest BCUT2D eigenvalue weighted by molar-refractivity contribution is 5.74. The first kappa shape index (κ1) is 14.7. The number of hydrogen-bond donors (Lipinski definition) is 2. The SMILES string of the molecule is CC(C)(CC(N)=O)NCC(C#N)C(F)(F)F. The van der Waals surface area contributed by atoms with Gasteiger partial charge in [0.2, 0.25) is 5.91 Å². The van der Waals surface area contributed by atoms with E-state index in [2.05, 4.69) is 5.32 Å². The minimum absolute atomic E-state index is 0.0942. The second-order valence-electron chi connectivity index (χ2n) is 4.13. The lowest BCUT2D eigenvalue weighted by Crippen LogP contribution is -2.46. The molecule has 0 aliphatic carbocycles. The molecule has 1 amide bonds. The second-order valence-corrected chi connectivity index (χ2v) is 4.13. The summed E-state index contributed by atoms with van der Waals surface area (Å²) in [4.78, 5) is 10.6. The summed E-state index contributed by atoms with van der Waals surface area (Å²) in [6, 6.07) is 1.16. The standard InChI is InChI=1S/C9H14F3N3O/c1-8(2,3-7(14)16)15-5-6(4-13)9(10,11)12/h6,15H,3,5H2,1-2H3,(H2,14,16). The van der Waals surface area contributed by atoms with Crippen molar-refractivity contribution in [2.75, 3.05) is 6.54 Å². The maximum atomic E-state index is 12.2. The van der Waals surface area contributed by atoms with Crippen molar-refractivity contribution in [3.8, 4) is 6.07 Å². The number of nitrogens with zero attached hydrogens (tertiary/aromatic N) is 1. The Morgan fingerprint density at radius 1 is 1.50 bits per heavy atom. The normalized spacial score (nSPS) is 14.2. The van der Waals surface area contributed by atoms with Gasteiger partial charge in [0.25, 0.3) is 0 Å². The first-order chi connectivity index (χ1) is 7.08. The lowest BCUT2D eigenvalue weighted by Gasteiger charge is -2.26. The molecule has 0 aromatic carbocycles. The molecular formula is C9H14F3N3O. The molecule has 0 aromatic heterocycles. The van der Waals surface area contributed by atoms with Crippen molar-refractivity contribution in [2.45, 2.75) is 32.0 Å². The molecule has 16 heavy (non-hydrogen) atoms. The van der Waals surface area contributed by atoms with Gasteiger partial charge in [-0.05, 0) is 13.8 Å². The molecule has 7 heteroatoms. The van der Waals surface area contributed by atoms with E-state index < -0.39 is 30.1 Å². The molecule has 0 saturated heterocycles. The predicted molar refractivity (Wildman–Crippen MR) is 51.1 cm³/mol. The number of halogens is 3. The number of amides is 1. The van der Waals surface area contributed by atoms with Crippen LogP contribution in [0.3, 0.4) is 0 Å². The van der Waals surface area contributed by atoms with E-state index in [1.807, 2.05) is 0 Å². The highest BCUT2D eigenvalue weighted by atomic mass is 19.4. The molecule has 0 fully saturated rings. The van der Waals surface area contributed by atoms with Gasteiger partial charge in [0, 0.05) is 18.5 Å². The Kier molecular flexibility index (Phi) is 4.75. The smallest absolute Gasteiger partial charge is 0.370 e. The largest absolute Gasteiger partial charge is 0.405 e. The van der Waals surface area contributed by atoms with Gasteiger partial charge >= 0.3 is 6.18 Å². The number of primary amides is 1. The molecule has 4 nitrogen and oxygen atoms in total. The monoisotopic (exact) mass is 237 g/mol. The number of alkyl halides is 3. The van der Waals surface area contributed by atoms with Crippen molar-refractivity contribution in [2.24, 2.45) is 11.7 Å². The first-order valence-electron chi connectivity index (χ1n) is 4.58. The third-order valence-corrected chi connectivity index (χ3v) is 1.95. The molecule has 0 aromatic rings. The molecule has 0 spiro atoms. The van der Waals surface area contributed by atoms with Gasteiger partial charge in [-0.1, -0.05) is 0 Å². The van der Waals surface area contributed by atoms with Gasteiger partial charge < -0.3 is 11.1 Å². The average Bonchev–Trinajstić information content (AvgIpc) is 1.99. The Labute approximate surface area is 91.6 Å². The summed E-state index contributed by atoms with van der Waals surface area (Å²) in [5.41, 5.74) is 4.08. The van der Waals surface area contributed by atoms with Crippen molar-refractivity contribution in [3.05, 3.63) is 0 Å². The lowest BCUT2D eigenvalue weighted by molar-refractivity contribution is -0.158. The number of nitriles is 1. The van der Waals surface area contributed by atoms with E-state index >= 15 is 0 Å². The molecule has 0 aliphatic rings. The van der Waals surface area contributed by atoms with Crippen LogP contribution in [0.4, 0.5) is 13.2 Å². The van der Waals surface area contributed by atoms with Gasteiger partial charge in [0.05, 0.1) is 6.07 Å². The Morgan fingerprint density at radius 3 is 2.31 bits per heavy atom. The van der Waals surface area contributed by atoms with E-state index in [0.717, 1.165) is 6.07 Å². The molecule has 1 atom stereocenters. The average molecular weight is 237 g/mol. The highest BCUT2D eigenvalue weighted by Crippen LogP contribution is 2.25. The summed E-state index contributed by atoms with van der Waals surface area (Å²) < 4.78 is 36.6. The molecule has 92 valence electrons. The number of nitrogens with one attached hydrogen (secondary N) is 1. The maximum Gasteiger partial charge on any atom is 0.405 e. The molecule has 0 saturated carbocycles. The van der Waals surface area contributed by atoms with E-state index in [1.54, 1.807) is 13.8 Å². The molecule has 1 unspecified atom stereocenters. The molecule has 0 aliphatic heterocycles. The summed E-state index contributed by atoms with van der Waals surface area (Å²) in [6.07, 6.45) is -4.66. The van der Waals surface area contributed by atoms with Crippen molar-refractivity contribution in [3.63, 3.8) is 0 Å². The van der Waals surface area contributed by atoms with E-state index in [4.69, 9.17) is 11.0 Å². The third-order valence-electron chi connectivity index (χ3n) is 1.95. The van der Waals surface area contributed by atoms with Gasteiger partial charge in [-0.25, -0.2) is 0 Å². The van der Waals surface area contributed by atoms with Crippen molar-refractivity contribution in [1.82, 2.24) is 5.32 Å². The zero-order valence-electron chi connectivity index (χ0n) is 9.06. The van der Waals surface area contributed by atoms with E-state index in [-0.39, 0.29) is 6.42 Å². The van der Waals surface area contributed by atoms with Gasteiger partial charge in [0.1, 0.15) is 0 Å². The minimum Gasteiger partial charge on any atom is -0.370 e. The first-order valence-corrected chi connectivity index (χ1v) is 4.58. The highest BCUT2D eigenvalue weighted by Gasteiger charge is 2.40.